The molecule has 1 fully saturated rings. The Balaban J connectivity index is 2.50. The Kier molecular flexibility index (Phi) is 4.47. The van der Waals surface area contributed by atoms with Gasteiger partial charge in [-0.3, -0.25) is 0 Å². The number of hydrogen-bond donors (Lipinski definition) is 0. The first kappa shape index (κ1) is 16.7. The van der Waals surface area contributed by atoms with Gasteiger partial charge in [0.05, 0.1) is 29.2 Å². The molecule has 0 aromatic heterocycles. The van der Waals surface area contributed by atoms with E-state index in [-0.39, 0.29) is 19.8 Å². The summed E-state index contributed by atoms with van der Waals surface area (Å²) < 4.78 is 69.4. The smallest absolute Gasteiger partial charge is 0.378 e. The maximum Gasteiger partial charge on any atom is 0.416 e. The van der Waals surface area contributed by atoms with Gasteiger partial charge in [0.25, 0.3) is 0 Å². The van der Waals surface area contributed by atoms with Gasteiger partial charge in [-0.05, 0) is 25.1 Å². The monoisotopic (exact) mass is 334 g/mol. The van der Waals surface area contributed by atoms with Gasteiger partial charge in [-0.1, -0.05) is 0 Å². The Morgan fingerprint density at radius 3 is 2.64 bits per heavy atom. The zero-order valence-corrected chi connectivity index (χ0v) is 12.4. The topological polar surface area (TPSA) is 70.4 Å². The first-order valence-corrected chi connectivity index (χ1v) is 7.83. The van der Waals surface area contributed by atoms with Crippen molar-refractivity contribution in [3.05, 3.63) is 29.3 Å². The molecule has 1 heterocycles. The van der Waals surface area contributed by atoms with Crippen molar-refractivity contribution in [1.82, 2.24) is 4.31 Å². The van der Waals surface area contributed by atoms with Gasteiger partial charge in [0.15, 0.2) is 0 Å². The van der Waals surface area contributed by atoms with Crippen LogP contribution in [0.5, 0.6) is 0 Å². The van der Waals surface area contributed by atoms with Gasteiger partial charge in [-0.2, -0.15) is 22.7 Å². The molecule has 0 amide bonds. The SMILES string of the molecule is CC1COCCN1S(=O)(=O)c1ccc(C(F)(F)F)cc1C#N. The van der Waals surface area contributed by atoms with E-state index >= 15 is 0 Å². The van der Waals surface area contributed by atoms with E-state index in [1.165, 1.54) is 6.07 Å². The van der Waals surface area contributed by atoms with Crippen LogP contribution in [0.1, 0.15) is 18.1 Å². The molecule has 1 saturated heterocycles. The summed E-state index contributed by atoms with van der Waals surface area (Å²) in [6.07, 6.45) is -4.64. The van der Waals surface area contributed by atoms with Crippen LogP contribution in [-0.4, -0.2) is 38.5 Å². The van der Waals surface area contributed by atoms with Crippen LogP contribution in [0.25, 0.3) is 0 Å². The second kappa shape index (κ2) is 5.87. The van der Waals surface area contributed by atoms with Crippen molar-refractivity contribution >= 4 is 10.0 Å². The van der Waals surface area contributed by atoms with Crippen molar-refractivity contribution in [1.29, 1.82) is 5.26 Å². The average Bonchev–Trinajstić information content (AvgIpc) is 2.45. The standard InChI is InChI=1S/C13H13F3N2O3S/c1-9-8-21-5-4-18(9)22(19,20)12-3-2-11(13(14,15)16)6-10(12)7-17/h2-3,6,9H,4-5,8H2,1H3. The summed E-state index contributed by atoms with van der Waals surface area (Å²) in [6.45, 7) is 2.12. The van der Waals surface area contributed by atoms with E-state index in [1.807, 2.05) is 0 Å². The summed E-state index contributed by atoms with van der Waals surface area (Å²) in [5.41, 5.74) is -1.58. The van der Waals surface area contributed by atoms with E-state index in [0.29, 0.717) is 12.1 Å². The van der Waals surface area contributed by atoms with Gasteiger partial charge in [-0.15, -0.1) is 0 Å². The Labute approximate surface area is 126 Å². The molecule has 2 rings (SSSR count). The Morgan fingerprint density at radius 1 is 1.41 bits per heavy atom. The second-order valence-corrected chi connectivity index (χ2v) is 6.72. The van der Waals surface area contributed by atoms with E-state index in [9.17, 15) is 21.6 Å². The molecule has 1 aromatic carbocycles. The highest BCUT2D eigenvalue weighted by Crippen LogP contribution is 2.32. The van der Waals surface area contributed by atoms with Crippen molar-refractivity contribution in [2.45, 2.75) is 24.0 Å². The molecular weight excluding hydrogens is 321 g/mol. The Bertz CT molecular complexity index is 710. The third kappa shape index (κ3) is 3.09. The molecule has 9 heteroatoms. The molecule has 22 heavy (non-hydrogen) atoms. The van der Waals surface area contributed by atoms with Crippen LogP contribution in [0.4, 0.5) is 13.2 Å². The molecule has 1 aliphatic heterocycles. The number of sulfonamides is 1. The summed E-state index contributed by atoms with van der Waals surface area (Å²) in [6, 6.07) is 3.13. The zero-order valence-electron chi connectivity index (χ0n) is 11.6. The molecule has 0 N–H and O–H groups in total. The maximum atomic E-state index is 12.7. The van der Waals surface area contributed by atoms with Crippen molar-refractivity contribution in [3.63, 3.8) is 0 Å². The maximum absolute atomic E-state index is 12.7. The number of nitrogens with zero attached hydrogens (tertiary/aromatic N) is 2. The lowest BCUT2D eigenvalue weighted by Gasteiger charge is -2.32. The predicted molar refractivity (Wildman–Crippen MR) is 70.3 cm³/mol. The van der Waals surface area contributed by atoms with Crippen LogP contribution in [0.2, 0.25) is 0 Å². The fourth-order valence-electron chi connectivity index (χ4n) is 2.21. The van der Waals surface area contributed by atoms with Crippen LogP contribution in [-0.2, 0) is 20.9 Å². The van der Waals surface area contributed by atoms with Gasteiger partial charge in [0, 0.05) is 12.6 Å². The molecule has 1 aliphatic rings. The van der Waals surface area contributed by atoms with E-state index in [1.54, 1.807) is 6.92 Å². The lowest BCUT2D eigenvalue weighted by molar-refractivity contribution is -0.137. The van der Waals surface area contributed by atoms with Crippen molar-refractivity contribution in [2.24, 2.45) is 0 Å². The summed E-state index contributed by atoms with van der Waals surface area (Å²) in [5.74, 6) is 0. The van der Waals surface area contributed by atoms with E-state index in [4.69, 9.17) is 10.00 Å². The van der Waals surface area contributed by atoms with Gasteiger partial charge in [-0.25, -0.2) is 8.42 Å². The van der Waals surface area contributed by atoms with E-state index in [2.05, 4.69) is 0 Å². The minimum Gasteiger partial charge on any atom is -0.378 e. The number of alkyl halides is 3. The summed E-state index contributed by atoms with van der Waals surface area (Å²) in [7, 11) is -4.05. The molecule has 0 saturated carbocycles. The third-order valence-electron chi connectivity index (χ3n) is 3.32. The highest BCUT2D eigenvalue weighted by atomic mass is 32.2. The Morgan fingerprint density at radius 2 is 2.09 bits per heavy atom. The van der Waals surface area contributed by atoms with Crippen LogP contribution in [0.3, 0.4) is 0 Å². The zero-order chi connectivity index (χ0) is 16.5. The van der Waals surface area contributed by atoms with Crippen molar-refractivity contribution < 1.29 is 26.3 Å². The quantitative estimate of drug-likeness (QED) is 0.829. The molecule has 120 valence electrons. The fraction of sp³-hybridized carbons (Fsp3) is 0.462. The largest absolute Gasteiger partial charge is 0.416 e. The number of rotatable bonds is 2. The molecule has 0 spiro atoms. The molecule has 0 bridgehead atoms. The minimum absolute atomic E-state index is 0.0926. The molecule has 1 atom stereocenters. The van der Waals surface area contributed by atoms with E-state index in [0.717, 1.165) is 10.4 Å². The van der Waals surface area contributed by atoms with Gasteiger partial charge >= 0.3 is 6.18 Å². The highest BCUT2D eigenvalue weighted by Gasteiger charge is 2.36. The number of hydrogen-bond acceptors (Lipinski definition) is 4. The molecule has 1 unspecified atom stereocenters. The van der Waals surface area contributed by atoms with Gasteiger partial charge in [0.1, 0.15) is 6.07 Å². The van der Waals surface area contributed by atoms with Gasteiger partial charge in [0.2, 0.25) is 10.0 Å². The Hall–Kier alpha value is -1.63. The second-order valence-electron chi connectivity index (χ2n) is 4.86. The van der Waals surface area contributed by atoms with Gasteiger partial charge < -0.3 is 4.74 Å². The first-order valence-electron chi connectivity index (χ1n) is 6.39. The molecular formula is C13H13F3N2O3S. The lowest BCUT2D eigenvalue weighted by atomic mass is 10.1. The summed E-state index contributed by atoms with van der Waals surface area (Å²) >= 11 is 0. The van der Waals surface area contributed by atoms with Crippen LogP contribution in [0, 0.1) is 11.3 Å². The molecule has 5 nitrogen and oxygen atoms in total. The average molecular weight is 334 g/mol. The number of halogens is 3. The summed E-state index contributed by atoms with van der Waals surface area (Å²) in [4.78, 5) is -0.420. The van der Waals surface area contributed by atoms with Crippen LogP contribution >= 0.6 is 0 Å². The van der Waals surface area contributed by atoms with Crippen LogP contribution in [0.15, 0.2) is 23.1 Å². The molecule has 0 aliphatic carbocycles. The normalized spacial score (nSPS) is 20.6. The number of morpholine rings is 1. The number of nitriles is 1. The minimum atomic E-state index is -4.64. The third-order valence-corrected chi connectivity index (χ3v) is 5.39. The summed E-state index contributed by atoms with van der Waals surface area (Å²) in [5, 5.41) is 9.01. The lowest BCUT2D eigenvalue weighted by Crippen LogP contribution is -2.47. The fourth-order valence-corrected chi connectivity index (χ4v) is 3.94. The number of ether oxygens (including phenoxy) is 1. The molecule has 1 aromatic rings. The predicted octanol–water partition coefficient (Wildman–Crippen LogP) is 1.99. The van der Waals surface area contributed by atoms with Crippen molar-refractivity contribution in [2.75, 3.05) is 19.8 Å². The number of benzene rings is 1. The highest BCUT2D eigenvalue weighted by molar-refractivity contribution is 7.89. The van der Waals surface area contributed by atoms with E-state index < -0.39 is 38.3 Å². The van der Waals surface area contributed by atoms with Crippen LogP contribution < -0.4 is 0 Å². The molecule has 0 radical (unpaired) electrons. The van der Waals surface area contributed by atoms with Crippen molar-refractivity contribution in [3.8, 4) is 6.07 Å². The first-order chi connectivity index (χ1) is 10.2.